The highest BCUT2D eigenvalue weighted by Crippen LogP contribution is 2.39. The lowest BCUT2D eigenvalue weighted by Gasteiger charge is -2.16. The van der Waals surface area contributed by atoms with E-state index in [4.69, 9.17) is 14.2 Å². The van der Waals surface area contributed by atoms with Gasteiger partial charge in [0.15, 0.2) is 0 Å². The number of hydrogen-bond acceptors (Lipinski definition) is 4. The van der Waals surface area contributed by atoms with Crippen molar-refractivity contribution in [3.63, 3.8) is 0 Å². The Morgan fingerprint density at radius 2 is 2.00 bits per heavy atom. The van der Waals surface area contributed by atoms with E-state index in [9.17, 15) is 4.79 Å². The highest BCUT2D eigenvalue weighted by Gasteiger charge is 2.17. The molecule has 0 unspecified atom stereocenters. The second-order valence-corrected chi connectivity index (χ2v) is 4.40. The Labute approximate surface area is 115 Å². The van der Waals surface area contributed by atoms with Crippen molar-refractivity contribution >= 4 is 27.5 Å². The molecule has 0 heterocycles. The molecule has 0 spiro atoms. The number of carbonyl (C=O) groups excluding carboxylic acids is 1. The Morgan fingerprint density at radius 1 is 1.33 bits per heavy atom. The zero-order valence-corrected chi connectivity index (χ0v) is 12.2. The first-order valence-electron chi connectivity index (χ1n) is 5.23. The van der Waals surface area contributed by atoms with Gasteiger partial charge in [-0.15, -0.1) is 0 Å². The van der Waals surface area contributed by atoms with Crippen molar-refractivity contribution in [1.82, 2.24) is 0 Å². The van der Waals surface area contributed by atoms with E-state index in [1.807, 2.05) is 6.07 Å². The molecule has 1 aromatic rings. The molecule has 0 aromatic heterocycles. The van der Waals surface area contributed by atoms with Crippen LogP contribution in [0, 0.1) is 0 Å². The molecule has 5 heteroatoms. The van der Waals surface area contributed by atoms with Gasteiger partial charge in [-0.25, -0.2) is 0 Å². The maximum atomic E-state index is 10.8. The van der Waals surface area contributed by atoms with Crippen LogP contribution >= 0.6 is 15.9 Å². The van der Waals surface area contributed by atoms with Crippen LogP contribution in [0.1, 0.15) is 12.5 Å². The van der Waals surface area contributed by atoms with Gasteiger partial charge in [0.05, 0.1) is 24.3 Å². The van der Waals surface area contributed by atoms with Crippen LogP contribution in [0.25, 0.3) is 5.57 Å². The first-order chi connectivity index (χ1) is 8.51. The van der Waals surface area contributed by atoms with Crippen LogP contribution in [0.2, 0.25) is 0 Å². The summed E-state index contributed by atoms with van der Waals surface area (Å²) < 4.78 is 16.3. The number of ether oxygens (including phenoxy) is 3. The molecule has 98 valence electrons. The minimum absolute atomic E-state index is 0.0957. The third-order valence-electron chi connectivity index (χ3n) is 2.30. The second kappa shape index (κ2) is 6.44. The molecule has 0 atom stereocenters. The summed E-state index contributed by atoms with van der Waals surface area (Å²) in [6.45, 7) is 5.34. The number of hydrogen-bond donors (Lipinski definition) is 0. The minimum Gasteiger partial charge on any atom is -0.496 e. The highest BCUT2D eigenvalue weighted by atomic mass is 79.9. The van der Waals surface area contributed by atoms with E-state index in [2.05, 4.69) is 22.5 Å². The summed E-state index contributed by atoms with van der Waals surface area (Å²) in [6, 6.07) is 3.61. The maximum Gasteiger partial charge on any atom is 0.302 e. The zero-order valence-electron chi connectivity index (χ0n) is 10.6. The van der Waals surface area contributed by atoms with Crippen LogP contribution in [0.4, 0.5) is 0 Å². The minimum atomic E-state index is -0.357. The van der Waals surface area contributed by atoms with Crippen LogP contribution < -0.4 is 9.47 Å². The third kappa shape index (κ3) is 3.26. The molecular weight excluding hydrogens is 300 g/mol. The summed E-state index contributed by atoms with van der Waals surface area (Å²) in [5, 5.41) is 0. The SMILES string of the molecule is C=C(COC(C)=O)c1c(OC)ccc(Br)c1OC. The van der Waals surface area contributed by atoms with Crippen LogP contribution in [0.15, 0.2) is 23.2 Å². The van der Waals surface area contributed by atoms with E-state index in [1.54, 1.807) is 20.3 Å². The van der Waals surface area contributed by atoms with Crippen LogP contribution in [0.3, 0.4) is 0 Å². The second-order valence-electron chi connectivity index (χ2n) is 3.54. The van der Waals surface area contributed by atoms with E-state index in [0.717, 1.165) is 4.47 Å². The number of halogens is 1. The Morgan fingerprint density at radius 3 is 2.50 bits per heavy atom. The molecule has 0 aliphatic heterocycles. The van der Waals surface area contributed by atoms with Gasteiger partial charge in [-0.1, -0.05) is 6.58 Å². The lowest BCUT2D eigenvalue weighted by atomic mass is 10.1. The van der Waals surface area contributed by atoms with Gasteiger partial charge < -0.3 is 14.2 Å². The van der Waals surface area contributed by atoms with Gasteiger partial charge in [0.1, 0.15) is 18.1 Å². The molecule has 0 radical (unpaired) electrons. The number of methoxy groups -OCH3 is 2. The molecule has 0 bridgehead atoms. The lowest BCUT2D eigenvalue weighted by Crippen LogP contribution is -2.05. The van der Waals surface area contributed by atoms with E-state index in [-0.39, 0.29) is 12.6 Å². The molecule has 1 aromatic carbocycles. The van der Waals surface area contributed by atoms with E-state index in [1.165, 1.54) is 6.92 Å². The molecule has 0 saturated carbocycles. The lowest BCUT2D eigenvalue weighted by molar-refractivity contribution is -0.139. The van der Waals surface area contributed by atoms with Crippen molar-refractivity contribution in [1.29, 1.82) is 0 Å². The standard InChI is InChI=1S/C13H15BrO4/c1-8(7-18-9(2)15)12-11(16-3)6-5-10(14)13(12)17-4/h5-6H,1,7H2,2-4H3. The van der Waals surface area contributed by atoms with E-state index < -0.39 is 0 Å². The molecule has 4 nitrogen and oxygen atoms in total. The van der Waals surface area contributed by atoms with Crippen LogP contribution in [0.5, 0.6) is 11.5 Å². The fraction of sp³-hybridized carbons (Fsp3) is 0.308. The summed E-state index contributed by atoms with van der Waals surface area (Å²) in [5.41, 5.74) is 1.30. The Bertz CT molecular complexity index is 468. The summed E-state index contributed by atoms with van der Waals surface area (Å²) in [7, 11) is 3.12. The topological polar surface area (TPSA) is 44.8 Å². The summed E-state index contributed by atoms with van der Waals surface area (Å²) >= 11 is 3.39. The molecule has 0 amide bonds. The van der Waals surface area contributed by atoms with E-state index in [0.29, 0.717) is 22.6 Å². The van der Waals surface area contributed by atoms with Crippen molar-refractivity contribution in [2.24, 2.45) is 0 Å². The van der Waals surface area contributed by atoms with Crippen LogP contribution in [-0.4, -0.2) is 26.8 Å². The van der Waals surface area contributed by atoms with Gasteiger partial charge in [0, 0.05) is 6.92 Å². The molecule has 1 rings (SSSR count). The Kier molecular flexibility index (Phi) is 5.22. The monoisotopic (exact) mass is 314 g/mol. The number of carbonyl (C=O) groups is 1. The zero-order chi connectivity index (χ0) is 13.7. The number of benzene rings is 1. The number of rotatable bonds is 5. The normalized spacial score (nSPS) is 9.78. The maximum absolute atomic E-state index is 10.8. The fourth-order valence-corrected chi connectivity index (χ4v) is 2.00. The first-order valence-corrected chi connectivity index (χ1v) is 6.02. The molecule has 0 N–H and O–H groups in total. The van der Waals surface area contributed by atoms with Crippen LogP contribution in [-0.2, 0) is 9.53 Å². The average molecular weight is 315 g/mol. The Hall–Kier alpha value is -1.49. The van der Waals surface area contributed by atoms with Crippen molar-refractivity contribution in [2.45, 2.75) is 6.92 Å². The largest absolute Gasteiger partial charge is 0.496 e. The molecule has 0 fully saturated rings. The van der Waals surface area contributed by atoms with Crippen molar-refractivity contribution in [2.75, 3.05) is 20.8 Å². The molecule has 18 heavy (non-hydrogen) atoms. The van der Waals surface area contributed by atoms with Crippen molar-refractivity contribution in [3.05, 3.63) is 28.7 Å². The summed E-state index contributed by atoms with van der Waals surface area (Å²) in [5.74, 6) is 0.864. The average Bonchev–Trinajstić information content (AvgIpc) is 2.35. The van der Waals surface area contributed by atoms with Crippen molar-refractivity contribution < 1.29 is 19.0 Å². The molecule has 0 aliphatic carbocycles. The van der Waals surface area contributed by atoms with Crippen molar-refractivity contribution in [3.8, 4) is 11.5 Å². The third-order valence-corrected chi connectivity index (χ3v) is 2.92. The predicted octanol–water partition coefficient (Wildman–Crippen LogP) is 3.04. The first kappa shape index (κ1) is 14.6. The smallest absolute Gasteiger partial charge is 0.302 e. The highest BCUT2D eigenvalue weighted by molar-refractivity contribution is 9.10. The van der Waals surface area contributed by atoms with E-state index >= 15 is 0 Å². The Balaban J connectivity index is 3.15. The summed E-state index contributed by atoms with van der Waals surface area (Å²) in [4.78, 5) is 10.8. The predicted molar refractivity (Wildman–Crippen MR) is 72.9 cm³/mol. The number of esters is 1. The van der Waals surface area contributed by atoms with Gasteiger partial charge in [-0.05, 0) is 33.6 Å². The molecule has 0 aliphatic rings. The fourth-order valence-electron chi connectivity index (χ4n) is 1.50. The quantitative estimate of drug-likeness (QED) is 0.784. The van der Waals surface area contributed by atoms with Gasteiger partial charge in [-0.3, -0.25) is 4.79 Å². The van der Waals surface area contributed by atoms with Gasteiger partial charge in [0.25, 0.3) is 0 Å². The molecular formula is C13H15BrO4. The van der Waals surface area contributed by atoms with Gasteiger partial charge in [0.2, 0.25) is 0 Å². The molecule has 0 saturated heterocycles. The van der Waals surface area contributed by atoms with Gasteiger partial charge in [-0.2, -0.15) is 0 Å². The summed E-state index contributed by atoms with van der Waals surface area (Å²) in [6.07, 6.45) is 0. The van der Waals surface area contributed by atoms with Gasteiger partial charge >= 0.3 is 5.97 Å².